The maximum atomic E-state index is 10.5. The van der Waals surface area contributed by atoms with E-state index in [2.05, 4.69) is 32.5 Å². The van der Waals surface area contributed by atoms with Gasteiger partial charge in [0, 0.05) is 58.7 Å². The molecule has 0 bridgehead atoms. The van der Waals surface area contributed by atoms with E-state index in [0.29, 0.717) is 28.7 Å². The van der Waals surface area contributed by atoms with Gasteiger partial charge in [-0.3, -0.25) is 4.68 Å². The van der Waals surface area contributed by atoms with Crippen molar-refractivity contribution in [3.05, 3.63) is 36.8 Å². The van der Waals surface area contributed by atoms with Crippen molar-refractivity contribution in [2.24, 2.45) is 6.98 Å². The van der Waals surface area contributed by atoms with Crippen LogP contribution in [0.3, 0.4) is 0 Å². The molecular weight excluding hydrogens is 439 g/mol. The summed E-state index contributed by atoms with van der Waals surface area (Å²) >= 11 is 0. The van der Waals surface area contributed by atoms with Crippen LogP contribution in [0.25, 0.3) is 22.5 Å². The number of aromatic nitrogens is 5. The smallest absolute Gasteiger partial charge is 0.233 e. The van der Waals surface area contributed by atoms with Crippen molar-refractivity contribution in [1.82, 2.24) is 30.3 Å². The highest BCUT2D eigenvalue weighted by molar-refractivity contribution is 5.85. The maximum Gasteiger partial charge on any atom is 0.233 e. The molecule has 10 heteroatoms. The third-order valence-corrected chi connectivity index (χ3v) is 5.59. The minimum absolute atomic E-state index is 0. The van der Waals surface area contributed by atoms with Gasteiger partial charge in [0.15, 0.2) is 0 Å². The Bertz CT molecular complexity index is 1140. The lowest BCUT2D eigenvalue weighted by molar-refractivity contribution is 0.106. The van der Waals surface area contributed by atoms with E-state index in [0.717, 1.165) is 17.5 Å². The molecule has 2 fully saturated rings. The van der Waals surface area contributed by atoms with Crippen LogP contribution < -0.4 is 10.1 Å². The molecule has 3 aromatic rings. The lowest BCUT2D eigenvalue weighted by Gasteiger charge is -2.34. The van der Waals surface area contributed by atoms with E-state index in [1.165, 1.54) is 37.5 Å². The highest BCUT2D eigenvalue weighted by Gasteiger charge is 2.48. The van der Waals surface area contributed by atoms with Crippen molar-refractivity contribution in [2.45, 2.75) is 50.3 Å². The van der Waals surface area contributed by atoms with Crippen LogP contribution in [0.15, 0.2) is 36.8 Å². The highest BCUT2D eigenvalue weighted by atomic mass is 35.5. The summed E-state index contributed by atoms with van der Waals surface area (Å²) in [5, 5.41) is 26.4. The monoisotopic (exact) mass is 467 g/mol. The number of nitrogens with one attached hydrogen (secondary N) is 1. The molecule has 8 nitrogen and oxygen atoms in total. The van der Waals surface area contributed by atoms with Crippen molar-refractivity contribution < 1.29 is 14.0 Å². The number of aromatic hydroxyl groups is 1. The first-order valence-electron chi connectivity index (χ1n) is 11.2. The molecule has 0 amide bonds. The zero-order valence-electron chi connectivity index (χ0n) is 19.9. The molecule has 1 spiro atoms. The third-order valence-electron chi connectivity index (χ3n) is 5.59. The number of nitrogens with zero attached hydrogens (tertiary/aromatic N) is 5. The Morgan fingerprint density at radius 3 is 2.71 bits per heavy atom. The van der Waals surface area contributed by atoms with Crippen LogP contribution in [-0.4, -0.2) is 47.8 Å². The highest BCUT2D eigenvalue weighted by Crippen LogP contribution is 2.44. The van der Waals surface area contributed by atoms with Crippen molar-refractivity contribution in [3.8, 4) is 34.1 Å². The van der Waals surface area contributed by atoms with Crippen molar-refractivity contribution in [2.75, 3.05) is 0 Å². The summed E-state index contributed by atoms with van der Waals surface area (Å²) in [5.74, 6) is 0.367. The van der Waals surface area contributed by atoms with Crippen molar-refractivity contribution >= 4 is 24.8 Å². The zero-order chi connectivity index (χ0) is 22.5. The summed E-state index contributed by atoms with van der Waals surface area (Å²) < 4.78 is 29.2. The Labute approximate surface area is 197 Å². The molecule has 0 radical (unpaired) electrons. The summed E-state index contributed by atoms with van der Waals surface area (Å²) in [6.45, 7) is -0.185. The molecule has 1 saturated carbocycles. The first kappa shape index (κ1) is 19.3. The molecule has 1 aliphatic heterocycles. The lowest BCUT2D eigenvalue weighted by atomic mass is 9.95. The summed E-state index contributed by atoms with van der Waals surface area (Å²) in [5.41, 5.74) is 2.02. The number of halogens is 2. The third kappa shape index (κ3) is 4.92. The van der Waals surface area contributed by atoms with Crippen LogP contribution in [-0.2, 0) is 6.98 Å². The van der Waals surface area contributed by atoms with Crippen molar-refractivity contribution in [1.29, 1.82) is 0 Å². The molecule has 1 saturated heterocycles. The normalized spacial score (nSPS) is 22.9. The van der Waals surface area contributed by atoms with Gasteiger partial charge in [-0.15, -0.1) is 35.0 Å². The average molecular weight is 468 g/mol. The van der Waals surface area contributed by atoms with Gasteiger partial charge in [-0.2, -0.15) is 5.10 Å². The standard InChI is InChI=1S/C21H24N6O2.2ClH/c1-13-7-16(9-21(24-13)5-6-21)29-19-4-3-17(25-26-19)20-18(28)8-14(10-22-20)15-11-23-27(2)12-15;;/h3-4,8,10-13,16,24,28H,5-7,9H2,1-2H3;2*1H/t13-,16+;;/m1../s1/i2D3;;. The Balaban J connectivity index is 0.00000162. The van der Waals surface area contributed by atoms with Crippen LogP contribution in [0.5, 0.6) is 11.6 Å². The Morgan fingerprint density at radius 2 is 2.06 bits per heavy atom. The van der Waals surface area contributed by atoms with Gasteiger partial charge in [0.2, 0.25) is 5.88 Å². The number of piperidine rings is 1. The number of hydrogen-bond acceptors (Lipinski definition) is 7. The van der Waals surface area contributed by atoms with E-state index in [4.69, 9.17) is 8.85 Å². The second-order valence-corrected chi connectivity index (χ2v) is 8.03. The van der Waals surface area contributed by atoms with Gasteiger partial charge in [-0.05, 0) is 38.3 Å². The summed E-state index contributed by atoms with van der Waals surface area (Å²) in [6, 6.07) is 5.37. The first-order chi connectivity index (χ1) is 15.2. The first-order valence-corrected chi connectivity index (χ1v) is 9.74. The molecule has 0 unspecified atom stereocenters. The van der Waals surface area contributed by atoms with E-state index in [1.807, 2.05) is 0 Å². The summed E-state index contributed by atoms with van der Waals surface area (Å²) in [7, 11) is 0. The number of rotatable bonds is 4. The fourth-order valence-corrected chi connectivity index (χ4v) is 4.10. The molecule has 1 aliphatic carbocycles. The average Bonchev–Trinajstić information content (AvgIpc) is 3.25. The Hall–Kier alpha value is -2.42. The van der Waals surface area contributed by atoms with Gasteiger partial charge in [-0.25, -0.2) is 4.98 Å². The topological polar surface area (TPSA) is 98.0 Å². The van der Waals surface area contributed by atoms with E-state index in [9.17, 15) is 5.11 Å². The van der Waals surface area contributed by atoms with Crippen LogP contribution in [0, 0.1) is 0 Å². The van der Waals surface area contributed by atoms with Crippen molar-refractivity contribution in [3.63, 3.8) is 0 Å². The minimum atomic E-state index is -2.36. The molecule has 5 rings (SSSR count). The van der Waals surface area contributed by atoms with Gasteiger partial charge in [0.05, 0.1) is 6.20 Å². The lowest BCUT2D eigenvalue weighted by Crippen LogP contribution is -2.49. The molecule has 166 valence electrons. The number of ether oxygens (including phenoxy) is 1. The van der Waals surface area contributed by atoms with Crippen LogP contribution in [0.1, 0.15) is 36.7 Å². The summed E-state index contributed by atoms with van der Waals surface area (Å²) in [4.78, 5) is 4.30. The number of pyridine rings is 1. The van der Waals surface area contributed by atoms with Crippen LogP contribution in [0.2, 0.25) is 0 Å². The molecular formula is C21H26Cl2N6O2. The second-order valence-electron chi connectivity index (χ2n) is 8.03. The van der Waals surface area contributed by atoms with E-state index in [1.54, 1.807) is 12.1 Å². The zero-order valence-corrected chi connectivity index (χ0v) is 18.5. The molecule has 3 aromatic heterocycles. The SMILES string of the molecule is Cl.Cl.[2H]C([2H])([2H])n1cc(-c2cnc(-c3ccc(O[C@H]4C[C@@H](C)NC5(CC5)C4)nn3)c(O)c2)cn1. The predicted octanol–water partition coefficient (Wildman–Crippen LogP) is 3.54. The number of hydrogen-bond donors (Lipinski definition) is 2. The van der Waals surface area contributed by atoms with Crippen LogP contribution in [0.4, 0.5) is 0 Å². The van der Waals surface area contributed by atoms with Gasteiger partial charge < -0.3 is 15.2 Å². The van der Waals surface area contributed by atoms with Gasteiger partial charge in [-0.1, -0.05) is 0 Å². The molecule has 0 aromatic carbocycles. The predicted molar refractivity (Wildman–Crippen MR) is 122 cm³/mol. The van der Waals surface area contributed by atoms with E-state index in [-0.39, 0.29) is 47.9 Å². The largest absolute Gasteiger partial charge is 0.506 e. The second kappa shape index (κ2) is 8.98. The molecule has 2 N–H and O–H groups in total. The van der Waals surface area contributed by atoms with Gasteiger partial charge in [0.1, 0.15) is 23.2 Å². The Kier molecular flexibility index (Phi) is 5.59. The minimum Gasteiger partial charge on any atom is -0.506 e. The quantitative estimate of drug-likeness (QED) is 0.605. The van der Waals surface area contributed by atoms with Gasteiger partial charge in [0.25, 0.3) is 0 Å². The van der Waals surface area contributed by atoms with E-state index >= 15 is 0 Å². The fourth-order valence-electron chi connectivity index (χ4n) is 4.10. The molecule has 2 aliphatic rings. The molecule has 2 atom stereocenters. The van der Waals surface area contributed by atoms with Crippen LogP contribution >= 0.6 is 24.8 Å². The fraction of sp³-hybridized carbons (Fsp3) is 0.429. The molecule has 4 heterocycles. The maximum absolute atomic E-state index is 10.5. The number of aryl methyl sites for hydroxylation is 1. The Morgan fingerprint density at radius 1 is 1.23 bits per heavy atom. The summed E-state index contributed by atoms with van der Waals surface area (Å²) in [6.07, 6.45) is 8.74. The van der Waals surface area contributed by atoms with E-state index < -0.39 is 6.98 Å². The van der Waals surface area contributed by atoms with Gasteiger partial charge >= 0.3 is 0 Å². The molecule has 31 heavy (non-hydrogen) atoms.